The predicted molar refractivity (Wildman–Crippen MR) is 52.1 cm³/mol. The molecule has 0 aliphatic rings. The van der Waals surface area contributed by atoms with Gasteiger partial charge >= 0.3 is 0 Å². The standard InChI is InChI=1S/C9H9N3O3/c10-3-4-15-9-2-1-8(12(13)14)5-7(9)6-11/h1-2,5H,4,6,11H2. The number of nitro benzene ring substituents is 1. The Labute approximate surface area is 86.0 Å². The van der Waals surface area contributed by atoms with Crippen LogP contribution in [0, 0.1) is 21.4 Å². The van der Waals surface area contributed by atoms with Crippen molar-refractivity contribution in [2.24, 2.45) is 5.73 Å². The molecule has 15 heavy (non-hydrogen) atoms. The second-order valence-electron chi connectivity index (χ2n) is 2.70. The summed E-state index contributed by atoms with van der Waals surface area (Å²) in [4.78, 5) is 9.96. The van der Waals surface area contributed by atoms with Crippen molar-refractivity contribution in [3.63, 3.8) is 0 Å². The van der Waals surface area contributed by atoms with Gasteiger partial charge in [-0.3, -0.25) is 10.1 Å². The number of nitriles is 1. The Kier molecular flexibility index (Phi) is 3.60. The molecule has 0 radical (unpaired) electrons. The van der Waals surface area contributed by atoms with Gasteiger partial charge in [-0.1, -0.05) is 0 Å². The van der Waals surface area contributed by atoms with Crippen LogP contribution in [0.4, 0.5) is 5.69 Å². The number of benzene rings is 1. The van der Waals surface area contributed by atoms with E-state index in [1.165, 1.54) is 18.2 Å². The SMILES string of the molecule is N#CCOc1ccc([N+](=O)[O-])cc1CN. The lowest BCUT2D eigenvalue weighted by Gasteiger charge is -2.06. The van der Waals surface area contributed by atoms with Crippen LogP contribution in [0.25, 0.3) is 0 Å². The van der Waals surface area contributed by atoms with Crippen molar-refractivity contribution in [3.8, 4) is 11.8 Å². The van der Waals surface area contributed by atoms with Gasteiger partial charge in [-0.05, 0) is 6.07 Å². The lowest BCUT2D eigenvalue weighted by molar-refractivity contribution is -0.384. The highest BCUT2D eigenvalue weighted by molar-refractivity contribution is 5.43. The van der Waals surface area contributed by atoms with Crippen LogP contribution in [0.15, 0.2) is 18.2 Å². The van der Waals surface area contributed by atoms with E-state index in [2.05, 4.69) is 0 Å². The second-order valence-corrected chi connectivity index (χ2v) is 2.70. The van der Waals surface area contributed by atoms with Crippen LogP contribution in [-0.4, -0.2) is 11.5 Å². The Morgan fingerprint density at radius 2 is 2.33 bits per heavy atom. The fourth-order valence-electron chi connectivity index (χ4n) is 1.09. The Morgan fingerprint density at radius 3 is 2.87 bits per heavy atom. The number of ether oxygens (including phenoxy) is 1. The van der Waals surface area contributed by atoms with Crippen LogP contribution in [0.2, 0.25) is 0 Å². The normalized spacial score (nSPS) is 9.33. The van der Waals surface area contributed by atoms with Crippen molar-refractivity contribution < 1.29 is 9.66 Å². The fraction of sp³-hybridized carbons (Fsp3) is 0.222. The molecule has 1 aromatic rings. The summed E-state index contributed by atoms with van der Waals surface area (Å²) in [6.07, 6.45) is 0. The zero-order valence-electron chi connectivity index (χ0n) is 7.84. The number of hydrogen-bond acceptors (Lipinski definition) is 5. The van der Waals surface area contributed by atoms with Gasteiger partial charge in [0, 0.05) is 24.2 Å². The highest BCUT2D eigenvalue weighted by Gasteiger charge is 2.10. The Hall–Kier alpha value is -2.13. The first-order chi connectivity index (χ1) is 7.19. The molecule has 0 bridgehead atoms. The fourth-order valence-corrected chi connectivity index (χ4v) is 1.09. The summed E-state index contributed by atoms with van der Waals surface area (Å²) in [5, 5.41) is 18.8. The van der Waals surface area contributed by atoms with Gasteiger partial charge in [0.1, 0.15) is 11.8 Å². The van der Waals surface area contributed by atoms with E-state index in [1.54, 1.807) is 0 Å². The van der Waals surface area contributed by atoms with E-state index >= 15 is 0 Å². The molecular weight excluding hydrogens is 198 g/mol. The highest BCUT2D eigenvalue weighted by Crippen LogP contribution is 2.23. The van der Waals surface area contributed by atoms with Gasteiger partial charge in [0.2, 0.25) is 0 Å². The minimum atomic E-state index is -0.507. The van der Waals surface area contributed by atoms with Gasteiger partial charge in [-0.25, -0.2) is 0 Å². The van der Waals surface area contributed by atoms with Crippen LogP contribution in [-0.2, 0) is 6.54 Å². The van der Waals surface area contributed by atoms with Crippen molar-refractivity contribution in [2.45, 2.75) is 6.54 Å². The monoisotopic (exact) mass is 207 g/mol. The Balaban J connectivity index is 2.99. The Bertz CT molecular complexity index is 412. The molecule has 0 unspecified atom stereocenters. The summed E-state index contributed by atoms with van der Waals surface area (Å²) in [6, 6.07) is 5.90. The van der Waals surface area contributed by atoms with Gasteiger partial charge < -0.3 is 10.5 Å². The van der Waals surface area contributed by atoms with Gasteiger partial charge in [-0.2, -0.15) is 5.26 Å². The van der Waals surface area contributed by atoms with E-state index in [4.69, 9.17) is 15.7 Å². The second kappa shape index (κ2) is 4.93. The van der Waals surface area contributed by atoms with Gasteiger partial charge in [0.05, 0.1) is 4.92 Å². The average molecular weight is 207 g/mol. The van der Waals surface area contributed by atoms with Crippen molar-refractivity contribution in [1.82, 2.24) is 0 Å². The van der Waals surface area contributed by atoms with E-state index < -0.39 is 4.92 Å². The maximum absolute atomic E-state index is 10.5. The topological polar surface area (TPSA) is 102 Å². The minimum Gasteiger partial charge on any atom is -0.478 e. The smallest absolute Gasteiger partial charge is 0.270 e. The molecule has 0 aliphatic heterocycles. The molecule has 0 fully saturated rings. The third-order valence-electron chi connectivity index (χ3n) is 1.77. The highest BCUT2D eigenvalue weighted by atomic mass is 16.6. The lowest BCUT2D eigenvalue weighted by Crippen LogP contribution is -2.03. The molecule has 0 amide bonds. The first-order valence-electron chi connectivity index (χ1n) is 4.16. The molecule has 0 heterocycles. The zero-order valence-corrected chi connectivity index (χ0v) is 7.84. The number of non-ortho nitro benzene ring substituents is 1. The summed E-state index contributed by atoms with van der Waals surface area (Å²) < 4.78 is 5.05. The van der Waals surface area contributed by atoms with Crippen molar-refractivity contribution in [1.29, 1.82) is 5.26 Å². The number of hydrogen-bond donors (Lipinski definition) is 1. The third-order valence-corrected chi connectivity index (χ3v) is 1.77. The molecule has 0 atom stereocenters. The minimum absolute atomic E-state index is 0.0419. The maximum Gasteiger partial charge on any atom is 0.270 e. The van der Waals surface area contributed by atoms with Crippen molar-refractivity contribution in [3.05, 3.63) is 33.9 Å². The van der Waals surface area contributed by atoms with Crippen molar-refractivity contribution in [2.75, 3.05) is 6.61 Å². The summed E-state index contributed by atoms with van der Waals surface area (Å²) >= 11 is 0. The average Bonchev–Trinajstić information content (AvgIpc) is 2.25. The first-order valence-corrected chi connectivity index (χ1v) is 4.16. The maximum atomic E-state index is 10.5. The van der Waals surface area contributed by atoms with Crippen LogP contribution in [0.1, 0.15) is 5.56 Å². The van der Waals surface area contributed by atoms with E-state index in [1.807, 2.05) is 6.07 Å². The molecule has 78 valence electrons. The quantitative estimate of drug-likeness (QED) is 0.585. The number of nitro groups is 1. The van der Waals surface area contributed by atoms with E-state index in [-0.39, 0.29) is 18.8 Å². The van der Waals surface area contributed by atoms with Crippen LogP contribution in [0.3, 0.4) is 0 Å². The first kappa shape index (κ1) is 10.9. The molecule has 0 spiro atoms. The molecule has 6 heteroatoms. The van der Waals surface area contributed by atoms with Crippen LogP contribution in [0.5, 0.6) is 5.75 Å². The summed E-state index contributed by atoms with van der Waals surface area (Å²) in [7, 11) is 0. The van der Waals surface area contributed by atoms with E-state index in [0.717, 1.165) is 0 Å². The molecule has 0 aromatic heterocycles. The molecule has 6 nitrogen and oxygen atoms in total. The van der Waals surface area contributed by atoms with Gasteiger partial charge in [-0.15, -0.1) is 0 Å². The van der Waals surface area contributed by atoms with Gasteiger partial charge in [0.25, 0.3) is 5.69 Å². The molecule has 0 aliphatic carbocycles. The number of nitrogens with two attached hydrogens (primary N) is 1. The molecular formula is C9H9N3O3. The third kappa shape index (κ3) is 2.65. The van der Waals surface area contributed by atoms with Crippen LogP contribution < -0.4 is 10.5 Å². The molecule has 2 N–H and O–H groups in total. The zero-order chi connectivity index (χ0) is 11.3. The summed E-state index contributed by atoms with van der Waals surface area (Å²) in [5.74, 6) is 0.407. The molecule has 0 saturated heterocycles. The Morgan fingerprint density at radius 1 is 1.60 bits per heavy atom. The van der Waals surface area contributed by atoms with E-state index in [9.17, 15) is 10.1 Å². The lowest BCUT2D eigenvalue weighted by atomic mass is 10.2. The molecule has 1 rings (SSSR count). The number of rotatable bonds is 4. The van der Waals surface area contributed by atoms with Gasteiger partial charge in [0.15, 0.2) is 6.61 Å². The van der Waals surface area contributed by atoms with E-state index in [0.29, 0.717) is 11.3 Å². The number of nitrogens with zero attached hydrogens (tertiary/aromatic N) is 2. The predicted octanol–water partition coefficient (Wildman–Crippen LogP) is 0.956. The van der Waals surface area contributed by atoms with Crippen LogP contribution >= 0.6 is 0 Å². The summed E-state index contributed by atoms with van der Waals surface area (Å²) in [5.41, 5.74) is 5.88. The van der Waals surface area contributed by atoms with Crippen molar-refractivity contribution >= 4 is 5.69 Å². The molecule has 1 aromatic carbocycles. The summed E-state index contributed by atoms with van der Waals surface area (Å²) in [6.45, 7) is 0.0211. The largest absolute Gasteiger partial charge is 0.478 e. The molecule has 0 saturated carbocycles.